The topological polar surface area (TPSA) is 57.6 Å². The van der Waals surface area contributed by atoms with Gasteiger partial charge in [-0.25, -0.2) is 0 Å². The fourth-order valence-corrected chi connectivity index (χ4v) is 2.66. The molecule has 5 heteroatoms. The average molecular weight is 282 g/mol. The summed E-state index contributed by atoms with van der Waals surface area (Å²) in [5, 5.41) is 9.93. The molecule has 2 rings (SSSR count). The Hall–Kier alpha value is -1.55. The molecular formula is C14H16ClNO3. The highest BCUT2D eigenvalue weighted by Gasteiger charge is 2.39. The van der Waals surface area contributed by atoms with Crippen molar-refractivity contribution in [1.82, 2.24) is 4.90 Å². The van der Waals surface area contributed by atoms with Gasteiger partial charge < -0.3 is 10.0 Å². The summed E-state index contributed by atoms with van der Waals surface area (Å²) in [6.45, 7) is 2.54. The number of carbonyl (C=O) groups is 2. The monoisotopic (exact) mass is 281 g/mol. The molecule has 1 aliphatic heterocycles. The zero-order valence-corrected chi connectivity index (χ0v) is 11.4. The molecule has 4 nitrogen and oxygen atoms in total. The van der Waals surface area contributed by atoms with Crippen LogP contribution in [0.15, 0.2) is 24.3 Å². The van der Waals surface area contributed by atoms with Crippen molar-refractivity contribution < 1.29 is 14.7 Å². The molecule has 0 spiro atoms. The number of likely N-dealkylation sites (tertiary alicyclic amines) is 1. The number of hydrogen-bond acceptors (Lipinski definition) is 2. The first-order valence-corrected chi connectivity index (χ1v) is 6.66. The summed E-state index contributed by atoms with van der Waals surface area (Å²) in [4.78, 5) is 24.7. The van der Waals surface area contributed by atoms with Crippen LogP contribution in [0.4, 0.5) is 0 Å². The molecular weight excluding hydrogens is 266 g/mol. The Balaban J connectivity index is 2.24. The molecule has 0 bridgehead atoms. The van der Waals surface area contributed by atoms with Gasteiger partial charge in [-0.15, -0.1) is 0 Å². The number of carboxylic acids is 1. The third kappa shape index (κ3) is 2.89. The molecule has 1 fully saturated rings. The number of hydrogen-bond donors (Lipinski definition) is 1. The molecule has 0 saturated carbocycles. The second-order valence-corrected chi connectivity index (χ2v) is 5.19. The van der Waals surface area contributed by atoms with Gasteiger partial charge in [0, 0.05) is 30.5 Å². The standard InChI is InChI=1S/C14H16ClNO3/c1-2-13(17)16-7-11(12(8-16)14(18)19)9-3-5-10(15)6-4-9/h3-6,11-12H,2,7-8H2,1H3,(H,18,19)/t11-,12+/m0/s1. The lowest BCUT2D eigenvalue weighted by Crippen LogP contribution is -2.29. The minimum atomic E-state index is -0.855. The van der Waals surface area contributed by atoms with Gasteiger partial charge in [-0.05, 0) is 17.7 Å². The highest BCUT2D eigenvalue weighted by molar-refractivity contribution is 6.30. The molecule has 2 atom stereocenters. The number of carboxylic acid groups (broad SMARTS) is 1. The van der Waals surface area contributed by atoms with E-state index in [-0.39, 0.29) is 18.4 Å². The highest BCUT2D eigenvalue weighted by atomic mass is 35.5. The van der Waals surface area contributed by atoms with E-state index in [0.717, 1.165) is 5.56 Å². The Morgan fingerprint density at radius 1 is 1.32 bits per heavy atom. The lowest BCUT2D eigenvalue weighted by molar-refractivity contribution is -0.141. The number of benzene rings is 1. The Bertz CT molecular complexity index is 486. The van der Waals surface area contributed by atoms with Crippen LogP contribution in [-0.2, 0) is 9.59 Å². The number of rotatable bonds is 3. The van der Waals surface area contributed by atoms with E-state index in [9.17, 15) is 14.7 Å². The van der Waals surface area contributed by atoms with E-state index < -0.39 is 11.9 Å². The van der Waals surface area contributed by atoms with Crippen LogP contribution in [0.3, 0.4) is 0 Å². The largest absolute Gasteiger partial charge is 0.481 e. The second-order valence-electron chi connectivity index (χ2n) is 4.76. The minimum Gasteiger partial charge on any atom is -0.481 e. The third-order valence-corrected chi connectivity index (χ3v) is 3.84. The summed E-state index contributed by atoms with van der Waals surface area (Å²) in [7, 11) is 0. The summed E-state index contributed by atoms with van der Waals surface area (Å²) in [5.74, 6) is -1.56. The fraction of sp³-hybridized carbons (Fsp3) is 0.429. The van der Waals surface area contributed by atoms with E-state index in [1.165, 1.54) is 0 Å². The first-order valence-electron chi connectivity index (χ1n) is 6.29. The highest BCUT2D eigenvalue weighted by Crippen LogP contribution is 2.33. The summed E-state index contributed by atoms with van der Waals surface area (Å²) in [6.07, 6.45) is 0.402. The molecule has 1 aromatic rings. The summed E-state index contributed by atoms with van der Waals surface area (Å²) in [6, 6.07) is 7.17. The van der Waals surface area contributed by atoms with Crippen LogP contribution >= 0.6 is 11.6 Å². The molecule has 1 amide bonds. The number of halogens is 1. The quantitative estimate of drug-likeness (QED) is 0.925. The van der Waals surface area contributed by atoms with Crippen LogP contribution in [-0.4, -0.2) is 35.0 Å². The maximum Gasteiger partial charge on any atom is 0.308 e. The Morgan fingerprint density at radius 2 is 1.95 bits per heavy atom. The minimum absolute atomic E-state index is 0.00251. The number of carbonyl (C=O) groups excluding carboxylic acids is 1. The molecule has 0 radical (unpaired) electrons. The van der Waals surface area contributed by atoms with Gasteiger partial charge in [0.2, 0.25) is 5.91 Å². The SMILES string of the molecule is CCC(=O)N1C[C@@H](C(=O)O)[C@H](c2ccc(Cl)cc2)C1. The van der Waals surface area contributed by atoms with E-state index in [2.05, 4.69) is 0 Å². The zero-order chi connectivity index (χ0) is 14.0. The predicted octanol–water partition coefficient (Wildman–Crippen LogP) is 2.38. The lowest BCUT2D eigenvalue weighted by Gasteiger charge is -2.15. The van der Waals surface area contributed by atoms with Gasteiger partial charge in [0.25, 0.3) is 0 Å². The smallest absolute Gasteiger partial charge is 0.308 e. The van der Waals surface area contributed by atoms with Crippen LogP contribution in [0.1, 0.15) is 24.8 Å². The summed E-state index contributed by atoms with van der Waals surface area (Å²) < 4.78 is 0. The van der Waals surface area contributed by atoms with Crippen molar-refractivity contribution in [3.63, 3.8) is 0 Å². The molecule has 1 N–H and O–H groups in total. The van der Waals surface area contributed by atoms with Gasteiger partial charge in [0.1, 0.15) is 0 Å². The van der Waals surface area contributed by atoms with E-state index in [1.807, 2.05) is 12.1 Å². The molecule has 1 saturated heterocycles. The Labute approximate surface area is 117 Å². The molecule has 0 aromatic heterocycles. The summed E-state index contributed by atoms with van der Waals surface area (Å²) >= 11 is 5.84. The van der Waals surface area contributed by atoms with Gasteiger partial charge in [-0.1, -0.05) is 30.7 Å². The van der Waals surface area contributed by atoms with Crippen molar-refractivity contribution >= 4 is 23.5 Å². The normalized spacial score (nSPS) is 22.5. The number of aliphatic carboxylic acids is 1. The van der Waals surface area contributed by atoms with Crippen LogP contribution in [0.25, 0.3) is 0 Å². The van der Waals surface area contributed by atoms with Crippen molar-refractivity contribution in [3.8, 4) is 0 Å². The molecule has 0 aliphatic carbocycles. The van der Waals surface area contributed by atoms with E-state index in [1.54, 1.807) is 24.0 Å². The fourth-order valence-electron chi connectivity index (χ4n) is 2.53. The van der Waals surface area contributed by atoms with Crippen molar-refractivity contribution in [1.29, 1.82) is 0 Å². The van der Waals surface area contributed by atoms with Gasteiger partial charge in [0.05, 0.1) is 5.92 Å². The van der Waals surface area contributed by atoms with Gasteiger partial charge in [0.15, 0.2) is 0 Å². The first-order chi connectivity index (χ1) is 9.02. The van der Waals surface area contributed by atoms with Crippen molar-refractivity contribution in [3.05, 3.63) is 34.9 Å². The van der Waals surface area contributed by atoms with E-state index in [4.69, 9.17) is 11.6 Å². The van der Waals surface area contributed by atoms with Crippen molar-refractivity contribution in [2.45, 2.75) is 19.3 Å². The van der Waals surface area contributed by atoms with Gasteiger partial charge >= 0.3 is 5.97 Å². The second kappa shape index (κ2) is 5.61. The van der Waals surface area contributed by atoms with Crippen LogP contribution in [0, 0.1) is 5.92 Å². The van der Waals surface area contributed by atoms with Crippen LogP contribution in [0.2, 0.25) is 5.02 Å². The molecule has 0 unspecified atom stereocenters. The first kappa shape index (κ1) is 13.9. The maximum atomic E-state index is 11.7. The van der Waals surface area contributed by atoms with Crippen molar-refractivity contribution in [2.24, 2.45) is 5.92 Å². The van der Waals surface area contributed by atoms with E-state index >= 15 is 0 Å². The van der Waals surface area contributed by atoms with Crippen LogP contribution in [0.5, 0.6) is 0 Å². The number of amides is 1. The van der Waals surface area contributed by atoms with Crippen molar-refractivity contribution in [2.75, 3.05) is 13.1 Å². The molecule has 1 aliphatic rings. The summed E-state index contributed by atoms with van der Waals surface area (Å²) in [5.41, 5.74) is 0.920. The van der Waals surface area contributed by atoms with Gasteiger partial charge in [-0.3, -0.25) is 9.59 Å². The van der Waals surface area contributed by atoms with Crippen LogP contribution < -0.4 is 0 Å². The third-order valence-electron chi connectivity index (χ3n) is 3.59. The van der Waals surface area contributed by atoms with Gasteiger partial charge in [-0.2, -0.15) is 0 Å². The zero-order valence-electron chi connectivity index (χ0n) is 10.7. The predicted molar refractivity (Wildman–Crippen MR) is 72.2 cm³/mol. The number of nitrogens with zero attached hydrogens (tertiary/aromatic N) is 1. The Morgan fingerprint density at radius 3 is 2.47 bits per heavy atom. The Kier molecular flexibility index (Phi) is 4.10. The molecule has 102 valence electrons. The molecule has 1 aromatic carbocycles. The molecule has 19 heavy (non-hydrogen) atoms. The lowest BCUT2D eigenvalue weighted by atomic mass is 9.89. The van der Waals surface area contributed by atoms with E-state index in [0.29, 0.717) is 18.0 Å². The maximum absolute atomic E-state index is 11.7. The molecule has 1 heterocycles. The average Bonchev–Trinajstić information content (AvgIpc) is 2.84.